The van der Waals surface area contributed by atoms with E-state index in [4.69, 9.17) is 0 Å². The summed E-state index contributed by atoms with van der Waals surface area (Å²) in [5.41, 5.74) is 0.717. The summed E-state index contributed by atoms with van der Waals surface area (Å²) < 4.78 is 1.90. The predicted molar refractivity (Wildman–Crippen MR) is 108 cm³/mol. The van der Waals surface area contributed by atoms with E-state index in [0.29, 0.717) is 18.4 Å². The number of carbonyl (C=O) groups is 1. The van der Waals surface area contributed by atoms with Gasteiger partial charge in [-0.3, -0.25) is 4.79 Å². The van der Waals surface area contributed by atoms with Crippen LogP contribution in [0.5, 0.6) is 0 Å². The molecule has 0 radical (unpaired) electrons. The van der Waals surface area contributed by atoms with E-state index in [1.54, 1.807) is 6.20 Å². The molecule has 0 bridgehead atoms. The number of hydrogen-bond acceptors (Lipinski definition) is 4. The normalized spacial score (nSPS) is 22.4. The molecule has 146 valence electrons. The molecule has 1 fully saturated rings. The van der Waals surface area contributed by atoms with Crippen LogP contribution in [0.1, 0.15) is 74.3 Å². The van der Waals surface area contributed by atoms with Crippen molar-refractivity contribution in [1.29, 1.82) is 5.26 Å². The molecule has 1 unspecified atom stereocenters. The fraction of sp³-hybridized carbons (Fsp3) is 0.500. The summed E-state index contributed by atoms with van der Waals surface area (Å²) in [5, 5.41) is 20.8. The number of amides is 1. The fourth-order valence-corrected chi connectivity index (χ4v) is 4.51. The lowest BCUT2D eigenvalue weighted by Gasteiger charge is -2.38. The van der Waals surface area contributed by atoms with Gasteiger partial charge in [0.15, 0.2) is 0 Å². The topological polar surface area (TPSA) is 82.7 Å². The zero-order valence-corrected chi connectivity index (χ0v) is 16.5. The largest absolute Gasteiger partial charge is 0.363 e. The number of aromatic nitrogens is 2. The maximum absolute atomic E-state index is 13.1. The van der Waals surface area contributed by atoms with E-state index in [1.807, 2.05) is 22.9 Å². The standard InChI is InChI=1S/C22H27N5O/c1-21(2)13-18(16-9-5-3-6-10-16)25-19-17(14-24-27(19)21)20(28)26-22(15-23)11-7-4-8-12-22/h3,5-6,9-10,14,18,25H,4,7-8,11-13H2,1-2H3,(H,26,28). The van der Waals surface area contributed by atoms with Gasteiger partial charge in [0.1, 0.15) is 16.9 Å². The molecule has 1 aliphatic carbocycles. The second-order valence-electron chi connectivity index (χ2n) is 8.65. The average Bonchev–Trinajstić information content (AvgIpc) is 3.14. The van der Waals surface area contributed by atoms with E-state index >= 15 is 0 Å². The Morgan fingerprint density at radius 2 is 1.96 bits per heavy atom. The smallest absolute Gasteiger partial charge is 0.257 e. The quantitative estimate of drug-likeness (QED) is 0.842. The highest BCUT2D eigenvalue weighted by Gasteiger charge is 2.39. The van der Waals surface area contributed by atoms with E-state index in [1.165, 1.54) is 5.56 Å². The number of nitrogens with one attached hydrogen (secondary N) is 2. The Morgan fingerprint density at radius 3 is 2.64 bits per heavy atom. The number of benzene rings is 1. The number of nitrogens with zero attached hydrogens (tertiary/aromatic N) is 3. The Morgan fingerprint density at radius 1 is 1.25 bits per heavy atom. The highest BCUT2D eigenvalue weighted by Crippen LogP contribution is 2.40. The first-order valence-electron chi connectivity index (χ1n) is 10.1. The molecule has 2 aliphatic rings. The SMILES string of the molecule is CC1(C)CC(c2ccccc2)Nc2c(C(=O)NC3(C#N)CCCCC3)cnn21. The Bertz CT molecular complexity index is 903. The first-order valence-corrected chi connectivity index (χ1v) is 10.1. The number of carbonyl (C=O) groups excluding carboxylic acids is 1. The van der Waals surface area contributed by atoms with Gasteiger partial charge in [0.2, 0.25) is 0 Å². The van der Waals surface area contributed by atoms with Gasteiger partial charge in [-0.1, -0.05) is 49.6 Å². The van der Waals surface area contributed by atoms with Crippen molar-refractivity contribution in [2.24, 2.45) is 0 Å². The van der Waals surface area contributed by atoms with Crippen LogP contribution in [0.4, 0.5) is 5.82 Å². The highest BCUT2D eigenvalue weighted by atomic mass is 16.1. The van der Waals surface area contributed by atoms with E-state index in [9.17, 15) is 10.1 Å². The minimum absolute atomic E-state index is 0.103. The molecule has 0 spiro atoms. The fourth-order valence-electron chi connectivity index (χ4n) is 4.51. The van der Waals surface area contributed by atoms with Gasteiger partial charge in [0.05, 0.1) is 23.8 Å². The van der Waals surface area contributed by atoms with Gasteiger partial charge in [0.25, 0.3) is 5.91 Å². The van der Waals surface area contributed by atoms with Crippen molar-refractivity contribution in [3.8, 4) is 6.07 Å². The first kappa shape index (κ1) is 18.5. The average molecular weight is 377 g/mol. The van der Waals surface area contributed by atoms with E-state index in [0.717, 1.165) is 31.5 Å². The minimum atomic E-state index is -0.757. The van der Waals surface area contributed by atoms with Crippen LogP contribution in [0.3, 0.4) is 0 Å². The van der Waals surface area contributed by atoms with Gasteiger partial charge in [-0.2, -0.15) is 10.4 Å². The molecule has 2 heterocycles. The van der Waals surface area contributed by atoms with Gasteiger partial charge in [-0.15, -0.1) is 0 Å². The van der Waals surface area contributed by atoms with E-state index in [-0.39, 0.29) is 17.5 Å². The highest BCUT2D eigenvalue weighted by molar-refractivity contribution is 5.99. The summed E-state index contributed by atoms with van der Waals surface area (Å²) in [6, 6.07) is 12.7. The van der Waals surface area contributed by atoms with Crippen LogP contribution in [-0.2, 0) is 5.54 Å². The van der Waals surface area contributed by atoms with Crippen LogP contribution in [0.15, 0.2) is 36.5 Å². The van der Waals surface area contributed by atoms with Crippen LogP contribution in [0, 0.1) is 11.3 Å². The molecule has 6 nitrogen and oxygen atoms in total. The van der Waals surface area contributed by atoms with Gasteiger partial charge in [-0.05, 0) is 38.7 Å². The molecule has 2 N–H and O–H groups in total. The molecule has 6 heteroatoms. The summed E-state index contributed by atoms with van der Waals surface area (Å²) >= 11 is 0. The minimum Gasteiger partial charge on any atom is -0.363 e. The molecular weight excluding hydrogens is 350 g/mol. The number of rotatable bonds is 3. The zero-order valence-electron chi connectivity index (χ0n) is 16.5. The Labute approximate surface area is 165 Å². The van der Waals surface area contributed by atoms with Gasteiger partial charge >= 0.3 is 0 Å². The molecule has 0 saturated heterocycles. The van der Waals surface area contributed by atoms with Crippen LogP contribution >= 0.6 is 0 Å². The molecule has 28 heavy (non-hydrogen) atoms. The molecule has 2 aromatic rings. The van der Waals surface area contributed by atoms with Crippen LogP contribution in [0.2, 0.25) is 0 Å². The summed E-state index contributed by atoms with van der Waals surface area (Å²) in [6.45, 7) is 4.28. The Kier molecular flexibility index (Phi) is 4.62. The second kappa shape index (κ2) is 6.97. The van der Waals surface area contributed by atoms with E-state index in [2.05, 4.69) is 47.8 Å². The summed E-state index contributed by atoms with van der Waals surface area (Å²) in [6.07, 6.45) is 6.99. The van der Waals surface area contributed by atoms with Gasteiger partial charge in [0, 0.05) is 0 Å². The molecule has 1 amide bonds. The van der Waals surface area contributed by atoms with Crippen molar-refractivity contribution in [2.75, 3.05) is 5.32 Å². The van der Waals surface area contributed by atoms with Crippen molar-refractivity contribution in [3.05, 3.63) is 47.7 Å². The summed E-state index contributed by atoms with van der Waals surface area (Å²) in [4.78, 5) is 13.1. The number of nitriles is 1. The van der Waals surface area contributed by atoms with Gasteiger partial charge in [-0.25, -0.2) is 4.68 Å². The predicted octanol–water partition coefficient (Wildman–Crippen LogP) is 4.13. The molecule has 4 rings (SSSR count). The zero-order chi connectivity index (χ0) is 19.8. The lowest BCUT2D eigenvalue weighted by molar-refractivity contribution is 0.0903. The Hall–Kier alpha value is -2.81. The first-order chi connectivity index (χ1) is 13.4. The number of anilines is 1. The number of fused-ring (bicyclic) bond motifs is 1. The third kappa shape index (κ3) is 3.26. The third-order valence-corrected chi connectivity index (χ3v) is 6.08. The van der Waals surface area contributed by atoms with Crippen molar-refractivity contribution < 1.29 is 4.79 Å². The molecule has 1 aromatic heterocycles. The van der Waals surface area contributed by atoms with Crippen LogP contribution < -0.4 is 10.6 Å². The van der Waals surface area contributed by atoms with Crippen molar-refractivity contribution in [1.82, 2.24) is 15.1 Å². The summed E-state index contributed by atoms with van der Waals surface area (Å²) in [7, 11) is 0. The maximum atomic E-state index is 13.1. The molecule has 1 saturated carbocycles. The third-order valence-electron chi connectivity index (χ3n) is 6.08. The Balaban J connectivity index is 1.64. The summed E-state index contributed by atoms with van der Waals surface area (Å²) in [5.74, 6) is 0.508. The van der Waals surface area contributed by atoms with Gasteiger partial charge < -0.3 is 10.6 Å². The van der Waals surface area contributed by atoms with Crippen LogP contribution in [0.25, 0.3) is 0 Å². The molecular formula is C22H27N5O. The maximum Gasteiger partial charge on any atom is 0.257 e. The van der Waals surface area contributed by atoms with Crippen molar-refractivity contribution in [2.45, 2.75) is 69.5 Å². The molecule has 1 aliphatic heterocycles. The van der Waals surface area contributed by atoms with Crippen molar-refractivity contribution in [3.63, 3.8) is 0 Å². The monoisotopic (exact) mass is 377 g/mol. The van der Waals surface area contributed by atoms with E-state index < -0.39 is 5.54 Å². The lowest BCUT2D eigenvalue weighted by Crippen LogP contribution is -2.49. The number of hydrogen-bond donors (Lipinski definition) is 2. The van der Waals surface area contributed by atoms with Crippen molar-refractivity contribution >= 4 is 11.7 Å². The molecule has 1 aromatic carbocycles. The molecule has 1 atom stereocenters. The van der Waals surface area contributed by atoms with Crippen LogP contribution in [-0.4, -0.2) is 21.2 Å². The lowest BCUT2D eigenvalue weighted by atomic mass is 9.82. The second-order valence-corrected chi connectivity index (χ2v) is 8.65.